The van der Waals surface area contributed by atoms with Crippen LogP contribution in [0.5, 0.6) is 0 Å². The van der Waals surface area contributed by atoms with Crippen molar-refractivity contribution in [3.63, 3.8) is 0 Å². The normalized spacial score (nSPS) is 15.7. The first-order valence-corrected chi connectivity index (χ1v) is 24.2. The van der Waals surface area contributed by atoms with E-state index < -0.39 is 0 Å². The van der Waals surface area contributed by atoms with Gasteiger partial charge in [0.15, 0.2) is 0 Å². The third kappa shape index (κ3) is 8.84. The SMILES string of the molecule is Cc1cc(-c2ccccc2)cc(C)c1-c1cc(-c2ccccc2)ncc1-c1ccccc1-c1cc(-c2ccccc2N2CCCC(C)(C)C2)cc(-c2ccccc2N2CCCC(C)(C)C2)c1. The lowest BCUT2D eigenvalue weighted by molar-refractivity contribution is 0.293. The minimum absolute atomic E-state index is 0.263. The summed E-state index contributed by atoms with van der Waals surface area (Å²) < 4.78 is 0. The van der Waals surface area contributed by atoms with Gasteiger partial charge in [-0.2, -0.15) is 0 Å². The lowest BCUT2D eigenvalue weighted by Crippen LogP contribution is -2.40. The second-order valence-corrected chi connectivity index (χ2v) is 20.6. The van der Waals surface area contributed by atoms with Crippen LogP contribution in [0.15, 0.2) is 176 Å². The summed E-state index contributed by atoms with van der Waals surface area (Å²) in [6, 6.07) is 63.1. The topological polar surface area (TPSA) is 19.4 Å². The van der Waals surface area contributed by atoms with E-state index in [9.17, 15) is 0 Å². The van der Waals surface area contributed by atoms with Gasteiger partial charge in [0, 0.05) is 66.0 Å². The van der Waals surface area contributed by atoms with Gasteiger partial charge < -0.3 is 9.80 Å². The van der Waals surface area contributed by atoms with Crippen LogP contribution in [0.25, 0.3) is 78.0 Å². The molecule has 1 aromatic heterocycles. The third-order valence-corrected chi connectivity index (χ3v) is 14.3. The summed E-state index contributed by atoms with van der Waals surface area (Å²) in [5.41, 5.74) is 22.4. The summed E-state index contributed by atoms with van der Waals surface area (Å²) >= 11 is 0. The number of hydrogen-bond donors (Lipinski definition) is 0. The number of nitrogens with zero attached hydrogens (tertiary/aromatic N) is 3. The maximum absolute atomic E-state index is 5.24. The smallest absolute Gasteiger partial charge is 0.0708 e. The van der Waals surface area contributed by atoms with E-state index >= 15 is 0 Å². The van der Waals surface area contributed by atoms with Crippen LogP contribution in [0.1, 0.15) is 64.5 Å². The number of pyridine rings is 1. The molecule has 2 fully saturated rings. The maximum atomic E-state index is 5.24. The van der Waals surface area contributed by atoms with Crippen molar-refractivity contribution in [1.29, 1.82) is 0 Å². The van der Waals surface area contributed by atoms with Crippen LogP contribution in [0.4, 0.5) is 11.4 Å². The number of hydrogen-bond acceptors (Lipinski definition) is 3. The van der Waals surface area contributed by atoms with Crippen molar-refractivity contribution < 1.29 is 0 Å². The van der Waals surface area contributed by atoms with Crippen molar-refractivity contribution in [3.05, 3.63) is 187 Å². The van der Waals surface area contributed by atoms with Crippen molar-refractivity contribution >= 4 is 11.4 Å². The first-order chi connectivity index (χ1) is 32.0. The van der Waals surface area contributed by atoms with Gasteiger partial charge >= 0.3 is 0 Å². The molecular weight excluding hydrogens is 799 g/mol. The van der Waals surface area contributed by atoms with E-state index in [1.165, 1.54) is 109 Å². The molecule has 0 radical (unpaired) electrons. The lowest BCUT2D eigenvalue weighted by atomic mass is 9.83. The molecule has 10 rings (SSSR count). The molecule has 2 aliphatic heterocycles. The molecule has 0 amide bonds. The van der Waals surface area contributed by atoms with E-state index in [-0.39, 0.29) is 10.8 Å². The summed E-state index contributed by atoms with van der Waals surface area (Å²) in [7, 11) is 0. The summed E-state index contributed by atoms with van der Waals surface area (Å²) in [6.07, 6.45) is 7.04. The molecule has 8 aromatic rings. The van der Waals surface area contributed by atoms with E-state index in [1.807, 2.05) is 0 Å². The Morgan fingerprint density at radius 1 is 0.394 bits per heavy atom. The average molecular weight is 862 g/mol. The molecule has 0 saturated carbocycles. The average Bonchev–Trinajstić information content (AvgIpc) is 3.33. The number of benzene rings is 7. The van der Waals surface area contributed by atoms with Gasteiger partial charge in [-0.3, -0.25) is 4.98 Å². The van der Waals surface area contributed by atoms with Crippen LogP contribution < -0.4 is 9.80 Å². The predicted octanol–water partition coefficient (Wildman–Crippen LogP) is 16.6. The molecule has 0 atom stereocenters. The van der Waals surface area contributed by atoms with Crippen molar-refractivity contribution in [2.75, 3.05) is 36.0 Å². The Morgan fingerprint density at radius 3 is 1.35 bits per heavy atom. The van der Waals surface area contributed by atoms with E-state index in [1.54, 1.807) is 0 Å². The number of rotatable bonds is 9. The molecule has 66 heavy (non-hydrogen) atoms. The first kappa shape index (κ1) is 43.2. The molecule has 2 aliphatic rings. The fourth-order valence-electron chi connectivity index (χ4n) is 11.1. The molecular formula is C63H63N3. The number of anilines is 2. The number of aromatic nitrogens is 1. The number of aryl methyl sites for hydroxylation is 2. The fraction of sp³-hybridized carbons (Fsp3) is 0.254. The molecule has 0 N–H and O–H groups in total. The molecule has 7 aromatic carbocycles. The quantitative estimate of drug-likeness (QED) is 0.144. The van der Waals surface area contributed by atoms with Crippen LogP contribution in [-0.4, -0.2) is 31.2 Å². The Morgan fingerprint density at radius 2 is 0.833 bits per heavy atom. The Labute approximate surface area is 393 Å². The second-order valence-electron chi connectivity index (χ2n) is 20.6. The van der Waals surface area contributed by atoms with Crippen LogP contribution in [-0.2, 0) is 0 Å². The van der Waals surface area contributed by atoms with Gasteiger partial charge in [0.25, 0.3) is 0 Å². The minimum atomic E-state index is 0.263. The summed E-state index contributed by atoms with van der Waals surface area (Å²) in [4.78, 5) is 10.5. The molecule has 0 spiro atoms. The molecule has 3 heterocycles. The Bertz CT molecular complexity index is 2900. The monoisotopic (exact) mass is 862 g/mol. The highest BCUT2D eigenvalue weighted by molar-refractivity contribution is 5.97. The van der Waals surface area contributed by atoms with Crippen molar-refractivity contribution in [1.82, 2.24) is 4.98 Å². The number of piperidine rings is 2. The predicted molar refractivity (Wildman–Crippen MR) is 282 cm³/mol. The molecule has 0 unspecified atom stereocenters. The zero-order chi connectivity index (χ0) is 45.4. The summed E-state index contributed by atoms with van der Waals surface area (Å²) in [5, 5.41) is 0. The van der Waals surface area contributed by atoms with Crippen molar-refractivity contribution in [2.24, 2.45) is 10.8 Å². The molecule has 3 heteroatoms. The van der Waals surface area contributed by atoms with E-state index in [0.29, 0.717) is 0 Å². The van der Waals surface area contributed by atoms with Gasteiger partial charge in [0.2, 0.25) is 0 Å². The Hall–Kier alpha value is -6.71. The fourth-order valence-corrected chi connectivity index (χ4v) is 11.1. The second kappa shape index (κ2) is 17.9. The minimum Gasteiger partial charge on any atom is -0.370 e. The van der Waals surface area contributed by atoms with Crippen molar-refractivity contribution in [3.8, 4) is 78.0 Å². The van der Waals surface area contributed by atoms with Gasteiger partial charge in [-0.05, 0) is 148 Å². The van der Waals surface area contributed by atoms with Gasteiger partial charge in [0.1, 0.15) is 0 Å². The van der Waals surface area contributed by atoms with Crippen LogP contribution in [0.3, 0.4) is 0 Å². The molecule has 2 saturated heterocycles. The largest absolute Gasteiger partial charge is 0.370 e. The van der Waals surface area contributed by atoms with Gasteiger partial charge in [-0.25, -0.2) is 0 Å². The van der Waals surface area contributed by atoms with Gasteiger partial charge in [-0.15, -0.1) is 0 Å². The highest BCUT2D eigenvalue weighted by atomic mass is 15.2. The Balaban J connectivity index is 1.18. The van der Waals surface area contributed by atoms with Crippen LogP contribution in [0, 0.1) is 24.7 Å². The van der Waals surface area contributed by atoms with Gasteiger partial charge in [-0.1, -0.05) is 161 Å². The molecule has 0 aliphatic carbocycles. The highest BCUT2D eigenvalue weighted by Gasteiger charge is 2.30. The molecule has 0 bridgehead atoms. The van der Waals surface area contributed by atoms with Crippen LogP contribution >= 0.6 is 0 Å². The number of para-hydroxylation sites is 2. The third-order valence-electron chi connectivity index (χ3n) is 14.3. The standard InChI is InChI=1S/C63H63N3/c1-44-35-48(46-21-9-7-10-22-46)36-45(2)61(44)56-40-58(47-23-11-8-12-24-47)64-41-57(56)55-28-14-13-25-52(55)49-37-50(53-26-15-17-29-59(53)65-33-19-31-62(3,4)42-65)39-51(38-49)54-27-16-18-30-60(54)66-34-20-32-63(5,6)43-66/h7-18,21-30,35-41H,19-20,31-34,42-43H2,1-6H3. The summed E-state index contributed by atoms with van der Waals surface area (Å²) in [6.45, 7) is 18.5. The van der Waals surface area contributed by atoms with E-state index in [2.05, 4.69) is 227 Å². The molecule has 3 nitrogen and oxygen atoms in total. The lowest BCUT2D eigenvalue weighted by Gasteiger charge is -2.40. The zero-order valence-corrected chi connectivity index (χ0v) is 39.7. The van der Waals surface area contributed by atoms with E-state index in [4.69, 9.17) is 4.98 Å². The van der Waals surface area contributed by atoms with Crippen LogP contribution in [0.2, 0.25) is 0 Å². The Kier molecular flexibility index (Phi) is 11.7. The maximum Gasteiger partial charge on any atom is 0.0708 e. The highest BCUT2D eigenvalue weighted by Crippen LogP contribution is 2.46. The van der Waals surface area contributed by atoms with Crippen molar-refractivity contribution in [2.45, 2.75) is 67.2 Å². The van der Waals surface area contributed by atoms with E-state index in [0.717, 1.165) is 43.0 Å². The summed E-state index contributed by atoms with van der Waals surface area (Å²) in [5.74, 6) is 0. The first-order valence-electron chi connectivity index (χ1n) is 24.2. The molecule has 330 valence electrons. The van der Waals surface area contributed by atoms with Gasteiger partial charge in [0.05, 0.1) is 5.69 Å². The zero-order valence-electron chi connectivity index (χ0n) is 39.7.